The van der Waals surface area contributed by atoms with E-state index < -0.39 is 71.9 Å². The minimum atomic E-state index is -4.71. The third kappa shape index (κ3) is 7.61. The van der Waals surface area contributed by atoms with Gasteiger partial charge in [0.25, 0.3) is 11.8 Å². The highest BCUT2D eigenvalue weighted by Gasteiger charge is 2.54. The van der Waals surface area contributed by atoms with Crippen LogP contribution in [-0.4, -0.2) is 105 Å². The number of rotatable bonds is 12. The number of carbonyl (C=O) groups excluding carboxylic acids is 2. The van der Waals surface area contributed by atoms with Gasteiger partial charge >= 0.3 is 19.7 Å². The first kappa shape index (κ1) is 29.7. The summed E-state index contributed by atoms with van der Waals surface area (Å²) in [7, 11) is -4.01. The number of aromatic nitrogens is 4. The average Bonchev–Trinajstić information content (AvgIpc) is 3.19. The molecule has 4 atom stereocenters. The lowest BCUT2D eigenvalue weighted by molar-refractivity contribution is -0.150. The molecule has 1 saturated heterocycles. The minimum Gasteiger partial charge on any atom is -0.616 e. The van der Waals surface area contributed by atoms with E-state index in [2.05, 4.69) is 20.8 Å². The molecule has 0 saturated carbocycles. The van der Waals surface area contributed by atoms with Crippen LogP contribution in [0.15, 0.2) is 16.4 Å². The highest BCUT2D eigenvalue weighted by Crippen LogP contribution is 2.44. The average molecular weight is 609 g/mol. The summed E-state index contributed by atoms with van der Waals surface area (Å²) >= 11 is -0.434. The molecule has 2 aliphatic heterocycles. The molecule has 2 aliphatic rings. The van der Waals surface area contributed by atoms with Crippen LogP contribution >= 0.6 is 31.1 Å². The fourth-order valence-corrected chi connectivity index (χ4v) is 7.66. The molecule has 3 rings (SSSR count). The van der Waals surface area contributed by atoms with Gasteiger partial charge < -0.3 is 24.4 Å². The summed E-state index contributed by atoms with van der Waals surface area (Å²) in [5.74, 6) is -5.72. The van der Waals surface area contributed by atoms with Gasteiger partial charge in [0.2, 0.25) is 10.9 Å². The number of thioether (sulfide) groups is 2. The van der Waals surface area contributed by atoms with Gasteiger partial charge in [-0.1, -0.05) is 11.8 Å². The van der Waals surface area contributed by atoms with Crippen molar-refractivity contribution in [3.63, 3.8) is 0 Å². The second-order valence-electron chi connectivity index (χ2n) is 7.50. The predicted octanol–water partition coefficient (Wildman–Crippen LogP) is -0.00580. The van der Waals surface area contributed by atoms with E-state index in [0.717, 1.165) is 33.1 Å². The number of aliphatic carboxylic acids is 1. The molecule has 1 aromatic heterocycles. The summed E-state index contributed by atoms with van der Waals surface area (Å²) in [6.07, 6.45) is -5.25. The molecular weight excluding hydrogens is 588 g/mol. The standard InChI is InChI=1S/C16H20F3N6O8PS3/c1-2-33-34(30,31)7-24-15(21-22-23-24)36-4-8-3-35-13-10(12(27)25(13)11(8)14(28)29)20-9(26)5-37(32)6-16(17,18)19/h10,13H,2-7H2,1H3,(H,20,26)(H,28,29)(H,30,31)/t10-,13-,37?/m1/s1. The first-order valence-electron chi connectivity index (χ1n) is 10.2. The zero-order valence-electron chi connectivity index (χ0n) is 18.8. The maximum absolute atomic E-state index is 12.6. The van der Waals surface area contributed by atoms with E-state index in [0.29, 0.717) is 5.57 Å². The minimum absolute atomic E-state index is 0.00330. The normalized spacial score (nSPS) is 22.2. The van der Waals surface area contributed by atoms with E-state index in [-0.39, 0.29) is 29.0 Å². The Morgan fingerprint density at radius 2 is 2.14 bits per heavy atom. The Balaban J connectivity index is 1.65. The van der Waals surface area contributed by atoms with Gasteiger partial charge in [-0.15, -0.1) is 16.9 Å². The van der Waals surface area contributed by atoms with Crippen LogP contribution in [0.25, 0.3) is 0 Å². The van der Waals surface area contributed by atoms with E-state index in [9.17, 15) is 46.7 Å². The molecule has 0 aliphatic carbocycles. The molecule has 0 aromatic carbocycles. The fourth-order valence-electron chi connectivity index (χ4n) is 3.34. The highest BCUT2D eigenvalue weighted by atomic mass is 32.2. The Bertz CT molecular complexity index is 1140. The van der Waals surface area contributed by atoms with E-state index in [1.807, 2.05) is 0 Å². The number of halogens is 3. The summed E-state index contributed by atoms with van der Waals surface area (Å²) < 4.78 is 66.3. The Hall–Kier alpha value is -1.83. The third-order valence-corrected chi connectivity index (χ3v) is 9.60. The number of nitrogens with zero attached hydrogens (tertiary/aromatic N) is 5. The quantitative estimate of drug-likeness (QED) is 0.124. The zero-order valence-corrected chi connectivity index (χ0v) is 22.1. The number of carboxylic acid groups (broad SMARTS) is 1. The van der Waals surface area contributed by atoms with Crippen LogP contribution in [0.2, 0.25) is 0 Å². The highest BCUT2D eigenvalue weighted by molar-refractivity contribution is 8.01. The Morgan fingerprint density at radius 3 is 2.76 bits per heavy atom. The van der Waals surface area contributed by atoms with E-state index in [1.54, 1.807) is 0 Å². The lowest BCUT2D eigenvalue weighted by atomic mass is 10.0. The smallest absolute Gasteiger partial charge is 0.433 e. The number of tetrazole rings is 1. The van der Waals surface area contributed by atoms with E-state index in [4.69, 9.17) is 4.52 Å². The van der Waals surface area contributed by atoms with Gasteiger partial charge in [-0.3, -0.25) is 19.1 Å². The monoisotopic (exact) mass is 608 g/mol. The first-order valence-corrected chi connectivity index (χ1v) is 15.5. The number of fused-ring (bicyclic) bond motifs is 1. The molecule has 2 amide bonds. The van der Waals surface area contributed by atoms with Crippen molar-refractivity contribution in [2.24, 2.45) is 0 Å². The number of hydrogen-bond acceptors (Lipinski definition) is 11. The van der Waals surface area contributed by atoms with Crippen molar-refractivity contribution in [3.05, 3.63) is 11.3 Å². The second-order valence-corrected chi connectivity index (χ2v) is 12.8. The van der Waals surface area contributed by atoms with Gasteiger partial charge in [-0.2, -0.15) is 13.2 Å². The maximum atomic E-state index is 12.6. The molecule has 2 unspecified atom stereocenters. The van der Waals surface area contributed by atoms with Crippen molar-refractivity contribution < 1.29 is 51.2 Å². The molecule has 1 fully saturated rings. The number of amides is 2. The third-order valence-electron chi connectivity index (χ3n) is 4.70. The summed E-state index contributed by atoms with van der Waals surface area (Å²) in [4.78, 5) is 47.4. The molecule has 3 N–H and O–H groups in total. The Kier molecular flexibility index (Phi) is 9.57. The van der Waals surface area contributed by atoms with Crippen molar-refractivity contribution in [1.82, 2.24) is 30.4 Å². The van der Waals surface area contributed by atoms with Gasteiger partial charge in [0, 0.05) is 11.5 Å². The topological polar surface area (TPSA) is 200 Å². The van der Waals surface area contributed by atoms with Crippen molar-refractivity contribution in [3.8, 4) is 0 Å². The zero-order chi connectivity index (χ0) is 27.5. The summed E-state index contributed by atoms with van der Waals surface area (Å²) in [5, 5.41) is 22.1. The number of alkyl halides is 3. The molecular formula is C16H20F3N6O8PS3. The van der Waals surface area contributed by atoms with Crippen LogP contribution in [0, 0.1) is 0 Å². The van der Waals surface area contributed by atoms with Gasteiger partial charge in [0.05, 0.1) is 6.61 Å². The lowest BCUT2D eigenvalue weighted by Gasteiger charge is -2.49. The molecule has 21 heteroatoms. The Labute approximate surface area is 218 Å². The summed E-state index contributed by atoms with van der Waals surface area (Å²) in [6, 6.07) is -1.19. The van der Waals surface area contributed by atoms with Crippen LogP contribution < -0.4 is 5.32 Å². The molecule has 0 bridgehead atoms. The van der Waals surface area contributed by atoms with Gasteiger partial charge in [-0.05, 0) is 34.1 Å². The SMILES string of the molecule is CCOP(=O)(O)Cn1nnnc1SCC1=C(C(=O)O)N2C(=O)[C@@H](NC(=O)C[S+]([O-])CC(F)(F)F)[C@H]2SC1. The largest absolute Gasteiger partial charge is 0.616 e. The fraction of sp³-hybridized carbons (Fsp3) is 0.625. The van der Waals surface area contributed by atoms with Crippen LogP contribution in [-0.2, 0) is 40.9 Å². The van der Waals surface area contributed by atoms with Gasteiger partial charge in [0.1, 0.15) is 23.4 Å². The molecule has 0 spiro atoms. The number of carboxylic acids is 1. The molecule has 14 nitrogen and oxygen atoms in total. The maximum Gasteiger partial charge on any atom is 0.433 e. The lowest BCUT2D eigenvalue weighted by Crippen LogP contribution is -2.71. The number of carbonyl (C=O) groups is 3. The Morgan fingerprint density at radius 1 is 1.43 bits per heavy atom. The second kappa shape index (κ2) is 11.9. The molecule has 3 heterocycles. The summed E-state index contributed by atoms with van der Waals surface area (Å²) in [6.45, 7) is 1.52. The molecule has 1 aromatic rings. The van der Waals surface area contributed by atoms with Gasteiger partial charge in [0.15, 0.2) is 5.75 Å². The first-order chi connectivity index (χ1) is 17.2. The van der Waals surface area contributed by atoms with Crippen molar-refractivity contribution in [2.75, 3.05) is 29.6 Å². The van der Waals surface area contributed by atoms with Crippen LogP contribution in [0.3, 0.4) is 0 Å². The molecule has 206 valence electrons. The number of β-lactam (4-membered cyclic amide) rings is 1. The van der Waals surface area contributed by atoms with E-state index in [1.165, 1.54) is 6.92 Å². The van der Waals surface area contributed by atoms with Crippen LogP contribution in [0.4, 0.5) is 13.2 Å². The molecule has 0 radical (unpaired) electrons. The predicted molar refractivity (Wildman–Crippen MR) is 124 cm³/mol. The van der Waals surface area contributed by atoms with Crippen molar-refractivity contribution in [2.45, 2.75) is 36.0 Å². The van der Waals surface area contributed by atoms with Crippen molar-refractivity contribution >= 4 is 60.1 Å². The number of nitrogens with one attached hydrogen (secondary N) is 1. The van der Waals surface area contributed by atoms with Crippen LogP contribution in [0.1, 0.15) is 6.92 Å². The van der Waals surface area contributed by atoms with Crippen LogP contribution in [0.5, 0.6) is 0 Å². The van der Waals surface area contributed by atoms with Gasteiger partial charge in [-0.25, -0.2) is 9.48 Å². The van der Waals surface area contributed by atoms with E-state index >= 15 is 0 Å². The van der Waals surface area contributed by atoms with Crippen molar-refractivity contribution in [1.29, 1.82) is 0 Å². The molecule has 37 heavy (non-hydrogen) atoms. The summed E-state index contributed by atoms with van der Waals surface area (Å²) in [5.41, 5.74) is -0.0109. The number of hydrogen-bond donors (Lipinski definition) is 3.